The van der Waals surface area contributed by atoms with E-state index in [0.717, 1.165) is 22.9 Å². The van der Waals surface area contributed by atoms with E-state index >= 15 is 0 Å². The lowest BCUT2D eigenvalue weighted by atomic mass is 9.79. The van der Waals surface area contributed by atoms with Gasteiger partial charge >= 0.3 is 6.18 Å². The molecule has 4 nitrogen and oxygen atoms in total. The normalized spacial score (nSPS) is 13.0. The van der Waals surface area contributed by atoms with Crippen LogP contribution in [0.3, 0.4) is 0 Å². The molecule has 0 radical (unpaired) electrons. The average molecular weight is 487 g/mol. The molecule has 0 saturated heterocycles. The highest BCUT2D eigenvalue weighted by atomic mass is 19.4. The molecular weight excluding hydrogens is 461 g/mol. The van der Waals surface area contributed by atoms with Gasteiger partial charge < -0.3 is 5.32 Å². The number of rotatable bonds is 8. The van der Waals surface area contributed by atoms with E-state index in [1.54, 1.807) is 30.5 Å². The van der Waals surface area contributed by atoms with Crippen LogP contribution in [0, 0.1) is 18.3 Å². The Bertz CT molecular complexity index is 1360. The summed E-state index contributed by atoms with van der Waals surface area (Å²) in [7, 11) is 0. The van der Waals surface area contributed by atoms with E-state index < -0.39 is 17.3 Å². The zero-order valence-electron chi connectivity index (χ0n) is 19.7. The van der Waals surface area contributed by atoms with Crippen LogP contribution in [-0.2, 0) is 18.1 Å². The van der Waals surface area contributed by atoms with Gasteiger partial charge in [-0.3, -0.25) is 10.3 Å². The number of anilines is 1. The number of hydrogen-bond acceptors (Lipinski definition) is 4. The summed E-state index contributed by atoms with van der Waals surface area (Å²) in [6.07, 6.45) is -2.44. The van der Waals surface area contributed by atoms with Crippen molar-refractivity contribution in [3.63, 3.8) is 0 Å². The van der Waals surface area contributed by atoms with Crippen LogP contribution in [0.25, 0.3) is 0 Å². The highest BCUT2D eigenvalue weighted by molar-refractivity contribution is 5.49. The third kappa shape index (κ3) is 5.73. The Hall–Kier alpha value is -4.15. The Labute approximate surface area is 208 Å². The average Bonchev–Trinajstić information content (AvgIpc) is 2.88. The van der Waals surface area contributed by atoms with Crippen LogP contribution < -0.4 is 10.6 Å². The highest BCUT2D eigenvalue weighted by Crippen LogP contribution is 2.37. The van der Waals surface area contributed by atoms with E-state index in [9.17, 15) is 18.4 Å². The number of nitrogens with zero attached hydrogens (tertiary/aromatic N) is 2. The van der Waals surface area contributed by atoms with E-state index in [2.05, 4.69) is 21.7 Å². The van der Waals surface area contributed by atoms with Crippen molar-refractivity contribution in [3.8, 4) is 6.07 Å². The van der Waals surface area contributed by atoms with Crippen molar-refractivity contribution in [3.05, 3.63) is 131 Å². The standard InChI is InChI=1S/C29H25F3N4/c1-21-13-14-34-27(15-21)28(18-22-7-3-2-4-8-22,24-10-6-11-25(17-24)29(30,31)32)36-20-35-26-12-5-9-23(16-26)19-33/h2-17,35-36H,18,20H2,1H3. The Balaban J connectivity index is 1.82. The third-order valence-electron chi connectivity index (χ3n) is 6.02. The van der Waals surface area contributed by atoms with Gasteiger partial charge in [0, 0.05) is 18.3 Å². The number of benzene rings is 3. The molecule has 3 aromatic carbocycles. The lowest BCUT2D eigenvalue weighted by Crippen LogP contribution is -2.48. The van der Waals surface area contributed by atoms with Gasteiger partial charge in [-0.1, -0.05) is 48.5 Å². The molecule has 4 aromatic rings. The molecule has 1 heterocycles. The Kier molecular flexibility index (Phi) is 7.37. The van der Waals surface area contributed by atoms with Crippen molar-refractivity contribution in [2.75, 3.05) is 12.0 Å². The van der Waals surface area contributed by atoms with Crippen molar-refractivity contribution in [2.24, 2.45) is 0 Å². The molecule has 2 N–H and O–H groups in total. The van der Waals surface area contributed by atoms with Crippen LogP contribution in [0.15, 0.2) is 97.2 Å². The largest absolute Gasteiger partial charge is 0.416 e. The number of hydrogen-bond donors (Lipinski definition) is 2. The van der Waals surface area contributed by atoms with Crippen LogP contribution in [0.5, 0.6) is 0 Å². The highest BCUT2D eigenvalue weighted by Gasteiger charge is 2.38. The van der Waals surface area contributed by atoms with Crippen molar-refractivity contribution in [2.45, 2.75) is 25.1 Å². The lowest BCUT2D eigenvalue weighted by Gasteiger charge is -2.36. The fraction of sp³-hybridized carbons (Fsp3) is 0.172. The van der Waals surface area contributed by atoms with Crippen LogP contribution >= 0.6 is 0 Å². The summed E-state index contributed by atoms with van der Waals surface area (Å²) in [5.74, 6) is 0. The van der Waals surface area contributed by atoms with Crippen molar-refractivity contribution in [1.29, 1.82) is 5.26 Å². The topological polar surface area (TPSA) is 60.7 Å². The maximum atomic E-state index is 13.7. The van der Waals surface area contributed by atoms with Crippen LogP contribution in [0.2, 0.25) is 0 Å². The molecule has 0 aliphatic rings. The quantitative estimate of drug-likeness (QED) is 0.282. The fourth-order valence-electron chi connectivity index (χ4n) is 4.22. The molecule has 36 heavy (non-hydrogen) atoms. The van der Waals surface area contributed by atoms with Crippen molar-refractivity contribution >= 4 is 5.69 Å². The molecule has 4 rings (SSSR count). The van der Waals surface area contributed by atoms with Gasteiger partial charge in [0.2, 0.25) is 0 Å². The second-order valence-corrected chi connectivity index (χ2v) is 8.59. The monoisotopic (exact) mass is 486 g/mol. The third-order valence-corrected chi connectivity index (χ3v) is 6.02. The molecule has 0 spiro atoms. The molecule has 1 aromatic heterocycles. The molecule has 0 saturated carbocycles. The summed E-state index contributed by atoms with van der Waals surface area (Å²) in [5, 5.41) is 15.9. The number of nitriles is 1. The van der Waals surface area contributed by atoms with Gasteiger partial charge in [0.15, 0.2) is 0 Å². The first-order chi connectivity index (χ1) is 17.3. The SMILES string of the molecule is Cc1ccnc(C(Cc2ccccc2)(NCNc2cccc(C#N)c2)c2cccc(C(F)(F)F)c2)c1. The molecule has 0 aliphatic carbocycles. The van der Waals surface area contributed by atoms with Gasteiger partial charge in [-0.15, -0.1) is 0 Å². The summed E-state index contributed by atoms with van der Waals surface area (Å²) < 4.78 is 41.2. The van der Waals surface area contributed by atoms with E-state index in [4.69, 9.17) is 0 Å². The first-order valence-electron chi connectivity index (χ1n) is 11.4. The van der Waals surface area contributed by atoms with Gasteiger partial charge in [0.05, 0.1) is 35.1 Å². The molecule has 1 atom stereocenters. The number of aromatic nitrogens is 1. The minimum absolute atomic E-state index is 0.216. The summed E-state index contributed by atoms with van der Waals surface area (Å²) in [5.41, 5.74) is 2.38. The number of alkyl halides is 3. The molecule has 0 aliphatic heterocycles. The molecule has 0 fully saturated rings. The second-order valence-electron chi connectivity index (χ2n) is 8.59. The Morgan fingerprint density at radius 3 is 2.33 bits per heavy atom. The fourth-order valence-corrected chi connectivity index (χ4v) is 4.22. The minimum Gasteiger partial charge on any atom is -0.372 e. The molecule has 182 valence electrons. The summed E-state index contributed by atoms with van der Waals surface area (Å²) in [6, 6.07) is 27.9. The summed E-state index contributed by atoms with van der Waals surface area (Å²) in [4.78, 5) is 4.61. The van der Waals surface area contributed by atoms with Crippen molar-refractivity contribution in [1.82, 2.24) is 10.3 Å². The number of nitrogens with one attached hydrogen (secondary N) is 2. The van der Waals surface area contributed by atoms with Gasteiger partial charge in [-0.2, -0.15) is 18.4 Å². The van der Waals surface area contributed by atoms with E-state index in [1.807, 2.05) is 55.5 Å². The smallest absolute Gasteiger partial charge is 0.372 e. The molecule has 1 unspecified atom stereocenters. The van der Waals surface area contributed by atoms with E-state index in [-0.39, 0.29) is 6.67 Å². The molecule has 0 bridgehead atoms. The van der Waals surface area contributed by atoms with Gasteiger partial charge in [-0.25, -0.2) is 0 Å². The lowest BCUT2D eigenvalue weighted by molar-refractivity contribution is -0.137. The predicted octanol–water partition coefficient (Wildman–Crippen LogP) is 6.43. The van der Waals surface area contributed by atoms with Crippen LogP contribution in [0.4, 0.5) is 18.9 Å². The number of halogens is 3. The Morgan fingerprint density at radius 1 is 0.861 bits per heavy atom. The minimum atomic E-state index is -4.48. The number of aryl methyl sites for hydroxylation is 1. The van der Waals surface area contributed by atoms with Crippen molar-refractivity contribution < 1.29 is 13.2 Å². The summed E-state index contributed by atoms with van der Waals surface area (Å²) >= 11 is 0. The van der Waals surface area contributed by atoms with E-state index in [0.29, 0.717) is 23.2 Å². The van der Waals surface area contributed by atoms with Gasteiger partial charge in [0.25, 0.3) is 0 Å². The van der Waals surface area contributed by atoms with Crippen LogP contribution in [-0.4, -0.2) is 11.7 Å². The maximum absolute atomic E-state index is 13.7. The zero-order chi connectivity index (χ0) is 25.6. The van der Waals surface area contributed by atoms with E-state index in [1.165, 1.54) is 12.1 Å². The first kappa shape index (κ1) is 25.0. The number of pyridine rings is 1. The molecule has 7 heteroatoms. The summed E-state index contributed by atoms with van der Waals surface area (Å²) in [6.45, 7) is 2.14. The van der Waals surface area contributed by atoms with Gasteiger partial charge in [-0.05, 0) is 66.1 Å². The van der Waals surface area contributed by atoms with Gasteiger partial charge in [0.1, 0.15) is 0 Å². The maximum Gasteiger partial charge on any atom is 0.416 e. The second kappa shape index (κ2) is 10.6. The first-order valence-corrected chi connectivity index (χ1v) is 11.4. The predicted molar refractivity (Wildman–Crippen MR) is 134 cm³/mol. The molecular formula is C29H25F3N4. The van der Waals surface area contributed by atoms with Crippen LogP contribution in [0.1, 0.15) is 33.5 Å². The Morgan fingerprint density at radius 2 is 1.61 bits per heavy atom. The molecule has 0 amide bonds. The zero-order valence-corrected chi connectivity index (χ0v) is 19.7.